The lowest BCUT2D eigenvalue weighted by Crippen LogP contribution is -2.46. The number of hydrogen-bond donors (Lipinski definition) is 1. The minimum absolute atomic E-state index is 0.257. The van der Waals surface area contributed by atoms with Crippen molar-refractivity contribution >= 4 is 16.5 Å². The van der Waals surface area contributed by atoms with Gasteiger partial charge in [0.15, 0.2) is 5.13 Å². The molecule has 1 unspecified atom stereocenters. The highest BCUT2D eigenvalue weighted by molar-refractivity contribution is 7.14. The molecule has 2 aliphatic rings. The Morgan fingerprint density at radius 3 is 2.50 bits per heavy atom. The van der Waals surface area contributed by atoms with E-state index in [9.17, 15) is 0 Å². The van der Waals surface area contributed by atoms with Crippen LogP contribution in [0.3, 0.4) is 0 Å². The van der Waals surface area contributed by atoms with Gasteiger partial charge in [-0.05, 0) is 73.1 Å². The normalized spacial score (nSPS) is 23.3. The Labute approximate surface area is 198 Å². The standard InChI is InChI=1S/C27H41N3OS/c1-5-27(4)12-11-26(2,3)22-10-9-21(19-23(22)27)24-20-32-25(28-24)30-16-14-29(15-17-30)13-7-6-8-18-31/h9-10,19-20,31H,5-8,11-18H2,1-4H3. The lowest BCUT2D eigenvalue weighted by atomic mass is 9.61. The maximum Gasteiger partial charge on any atom is 0.185 e. The molecule has 1 aliphatic carbocycles. The summed E-state index contributed by atoms with van der Waals surface area (Å²) < 4.78 is 0. The van der Waals surface area contributed by atoms with Crippen molar-refractivity contribution in [3.05, 3.63) is 34.7 Å². The van der Waals surface area contributed by atoms with Crippen molar-refractivity contribution in [2.45, 2.75) is 77.0 Å². The molecule has 1 atom stereocenters. The lowest BCUT2D eigenvalue weighted by Gasteiger charge is -2.43. The van der Waals surface area contributed by atoms with Crippen LogP contribution in [0.2, 0.25) is 0 Å². The van der Waals surface area contributed by atoms with E-state index in [1.54, 1.807) is 11.3 Å². The summed E-state index contributed by atoms with van der Waals surface area (Å²) in [6.45, 7) is 15.4. The maximum atomic E-state index is 8.94. The van der Waals surface area contributed by atoms with Gasteiger partial charge in [-0.15, -0.1) is 11.3 Å². The van der Waals surface area contributed by atoms with Crippen LogP contribution in [0.1, 0.15) is 77.3 Å². The molecule has 1 fully saturated rings. The average Bonchev–Trinajstić information content (AvgIpc) is 3.30. The summed E-state index contributed by atoms with van der Waals surface area (Å²) >= 11 is 1.79. The van der Waals surface area contributed by atoms with Crippen molar-refractivity contribution in [1.29, 1.82) is 0 Å². The molecule has 32 heavy (non-hydrogen) atoms. The topological polar surface area (TPSA) is 39.6 Å². The molecule has 1 aromatic heterocycles. The smallest absolute Gasteiger partial charge is 0.185 e. The summed E-state index contributed by atoms with van der Waals surface area (Å²) in [5, 5.41) is 12.4. The summed E-state index contributed by atoms with van der Waals surface area (Å²) in [6.07, 6.45) is 6.96. The Morgan fingerprint density at radius 1 is 1.00 bits per heavy atom. The van der Waals surface area contributed by atoms with Gasteiger partial charge in [-0.3, -0.25) is 4.90 Å². The van der Waals surface area contributed by atoms with Gasteiger partial charge in [-0.2, -0.15) is 0 Å². The van der Waals surface area contributed by atoms with Crippen molar-refractivity contribution in [3.63, 3.8) is 0 Å². The summed E-state index contributed by atoms with van der Waals surface area (Å²) in [7, 11) is 0. The third kappa shape index (κ3) is 4.90. The fourth-order valence-corrected chi connectivity index (χ4v) is 6.24. The molecule has 0 radical (unpaired) electrons. The van der Waals surface area contributed by atoms with E-state index >= 15 is 0 Å². The zero-order chi connectivity index (χ0) is 22.8. The van der Waals surface area contributed by atoms with E-state index < -0.39 is 0 Å². The van der Waals surface area contributed by atoms with E-state index in [4.69, 9.17) is 10.1 Å². The van der Waals surface area contributed by atoms with Gasteiger partial charge in [0.2, 0.25) is 0 Å². The molecule has 1 aromatic carbocycles. The molecule has 5 heteroatoms. The molecule has 1 N–H and O–H groups in total. The number of aromatic nitrogens is 1. The van der Waals surface area contributed by atoms with E-state index in [-0.39, 0.29) is 10.8 Å². The first-order chi connectivity index (χ1) is 15.4. The second kappa shape index (κ2) is 9.82. The molecule has 0 bridgehead atoms. The first-order valence-electron chi connectivity index (χ1n) is 12.6. The van der Waals surface area contributed by atoms with Gasteiger partial charge < -0.3 is 10.0 Å². The molecule has 176 valence electrons. The van der Waals surface area contributed by atoms with Crippen LogP contribution in [0, 0.1) is 0 Å². The second-order valence-electron chi connectivity index (χ2n) is 10.7. The van der Waals surface area contributed by atoms with Crippen molar-refractivity contribution in [2.75, 3.05) is 44.2 Å². The zero-order valence-electron chi connectivity index (χ0n) is 20.5. The largest absolute Gasteiger partial charge is 0.396 e. The van der Waals surface area contributed by atoms with Crippen LogP contribution in [-0.4, -0.2) is 54.3 Å². The predicted molar refractivity (Wildman–Crippen MR) is 137 cm³/mol. The number of thiazole rings is 1. The van der Waals surface area contributed by atoms with Gasteiger partial charge >= 0.3 is 0 Å². The van der Waals surface area contributed by atoms with Crippen LogP contribution in [0.5, 0.6) is 0 Å². The molecular formula is C27H41N3OS. The van der Waals surface area contributed by atoms with E-state index in [1.165, 1.54) is 42.4 Å². The molecule has 0 amide bonds. The Balaban J connectivity index is 1.45. The molecule has 2 heterocycles. The van der Waals surface area contributed by atoms with Crippen LogP contribution >= 0.6 is 11.3 Å². The zero-order valence-corrected chi connectivity index (χ0v) is 21.3. The molecule has 4 nitrogen and oxygen atoms in total. The highest BCUT2D eigenvalue weighted by Crippen LogP contribution is 2.48. The fraction of sp³-hybridized carbons (Fsp3) is 0.667. The van der Waals surface area contributed by atoms with Crippen molar-refractivity contribution < 1.29 is 5.11 Å². The number of aliphatic hydroxyl groups excluding tert-OH is 1. The Bertz CT molecular complexity index is 900. The summed E-state index contributed by atoms with van der Waals surface area (Å²) in [4.78, 5) is 10.1. The number of piperazine rings is 1. The number of hydrogen-bond acceptors (Lipinski definition) is 5. The van der Waals surface area contributed by atoms with Crippen LogP contribution in [0.4, 0.5) is 5.13 Å². The van der Waals surface area contributed by atoms with Crippen molar-refractivity contribution in [1.82, 2.24) is 9.88 Å². The van der Waals surface area contributed by atoms with Crippen molar-refractivity contribution in [3.8, 4) is 11.3 Å². The van der Waals surface area contributed by atoms with Gasteiger partial charge in [0, 0.05) is 43.7 Å². The van der Waals surface area contributed by atoms with Gasteiger partial charge in [0.1, 0.15) is 0 Å². The van der Waals surface area contributed by atoms with E-state index in [0.717, 1.165) is 56.4 Å². The summed E-state index contributed by atoms with van der Waals surface area (Å²) in [5.41, 5.74) is 5.99. The van der Waals surface area contributed by atoms with E-state index in [0.29, 0.717) is 6.61 Å². The van der Waals surface area contributed by atoms with Gasteiger partial charge in [0.25, 0.3) is 0 Å². The second-order valence-corrected chi connectivity index (χ2v) is 11.5. The minimum atomic E-state index is 0.257. The Hall–Kier alpha value is -1.43. The van der Waals surface area contributed by atoms with Crippen LogP contribution in [0.15, 0.2) is 23.6 Å². The average molecular weight is 456 g/mol. The number of benzene rings is 1. The number of aliphatic hydroxyl groups is 1. The number of rotatable bonds is 8. The lowest BCUT2D eigenvalue weighted by molar-refractivity contribution is 0.242. The van der Waals surface area contributed by atoms with Crippen LogP contribution < -0.4 is 4.90 Å². The molecule has 0 spiro atoms. The highest BCUT2D eigenvalue weighted by Gasteiger charge is 2.38. The third-order valence-corrected chi connectivity index (χ3v) is 8.95. The molecule has 1 aliphatic heterocycles. The first kappa shape index (κ1) is 23.7. The maximum absolute atomic E-state index is 8.94. The predicted octanol–water partition coefficient (Wildman–Crippen LogP) is 5.83. The monoisotopic (exact) mass is 455 g/mol. The number of anilines is 1. The Kier molecular flexibility index (Phi) is 7.28. The molecule has 4 rings (SSSR count). The number of unbranched alkanes of at least 4 members (excludes halogenated alkanes) is 2. The Morgan fingerprint density at radius 2 is 1.78 bits per heavy atom. The molecule has 0 saturated carbocycles. The van der Waals surface area contributed by atoms with E-state index in [2.05, 4.69) is 61.1 Å². The third-order valence-electron chi connectivity index (χ3n) is 8.04. The van der Waals surface area contributed by atoms with E-state index in [1.807, 2.05) is 0 Å². The SMILES string of the molecule is CCC1(C)CCC(C)(C)c2ccc(-c3csc(N4CCN(CCCCCO)CC4)n3)cc21. The summed E-state index contributed by atoms with van der Waals surface area (Å²) in [6, 6.07) is 7.13. The molecule has 1 saturated heterocycles. The van der Waals surface area contributed by atoms with Gasteiger partial charge in [0.05, 0.1) is 5.69 Å². The molecular weight excluding hydrogens is 414 g/mol. The van der Waals surface area contributed by atoms with Gasteiger partial charge in [-0.25, -0.2) is 4.98 Å². The minimum Gasteiger partial charge on any atom is -0.396 e. The van der Waals surface area contributed by atoms with Gasteiger partial charge in [-0.1, -0.05) is 39.8 Å². The van der Waals surface area contributed by atoms with Crippen LogP contribution in [-0.2, 0) is 10.8 Å². The number of fused-ring (bicyclic) bond motifs is 1. The molecule has 2 aromatic rings. The fourth-order valence-electron chi connectivity index (χ4n) is 5.35. The quantitative estimate of drug-likeness (QED) is 0.508. The van der Waals surface area contributed by atoms with Crippen LogP contribution in [0.25, 0.3) is 11.3 Å². The highest BCUT2D eigenvalue weighted by atomic mass is 32.1. The number of nitrogens with zero attached hydrogens (tertiary/aromatic N) is 3. The summed E-state index contributed by atoms with van der Waals surface area (Å²) in [5.74, 6) is 0. The first-order valence-corrected chi connectivity index (χ1v) is 13.4. The van der Waals surface area contributed by atoms with Crippen molar-refractivity contribution in [2.24, 2.45) is 0 Å².